The zero-order valence-electron chi connectivity index (χ0n) is 30.2. The van der Waals surface area contributed by atoms with Crippen molar-refractivity contribution in [3.63, 3.8) is 0 Å². The third-order valence-electron chi connectivity index (χ3n) is 11.6. The maximum atomic E-state index is 6.32. The molecule has 4 nitrogen and oxygen atoms in total. The number of nitrogens with zero attached hydrogens (tertiary/aromatic N) is 3. The molecule has 2 aromatic heterocycles. The van der Waals surface area contributed by atoms with Crippen LogP contribution in [0.1, 0.15) is 61.1 Å². The summed E-state index contributed by atoms with van der Waals surface area (Å²) in [5.41, 5.74) is 14.0. The van der Waals surface area contributed by atoms with E-state index in [0.717, 1.165) is 38.6 Å². The van der Waals surface area contributed by atoms with Crippen LogP contribution in [-0.4, -0.2) is 15.0 Å². The number of para-hydroxylation sites is 1. The molecule has 0 aliphatic heterocycles. The number of aromatic nitrogens is 3. The molecular formula is C49H37N3O. The summed E-state index contributed by atoms with van der Waals surface area (Å²) in [6.07, 6.45) is 4.43. The van der Waals surface area contributed by atoms with E-state index in [9.17, 15) is 0 Å². The summed E-state index contributed by atoms with van der Waals surface area (Å²) in [7, 11) is 0. The summed E-state index contributed by atoms with van der Waals surface area (Å²) in [6, 6.07) is 49.3. The van der Waals surface area contributed by atoms with Gasteiger partial charge in [0.1, 0.15) is 11.2 Å². The monoisotopic (exact) mass is 683 g/mol. The van der Waals surface area contributed by atoms with Gasteiger partial charge in [-0.25, -0.2) is 15.0 Å². The average Bonchev–Trinajstić information content (AvgIpc) is 3.69. The second-order valence-corrected chi connectivity index (χ2v) is 14.7. The first-order valence-electron chi connectivity index (χ1n) is 18.3. The van der Waals surface area contributed by atoms with E-state index in [2.05, 4.69) is 143 Å². The summed E-state index contributed by atoms with van der Waals surface area (Å²) in [4.78, 5) is 15.7. The molecule has 0 amide bonds. The van der Waals surface area contributed by atoms with Crippen molar-refractivity contribution in [1.29, 1.82) is 0 Å². The van der Waals surface area contributed by atoms with E-state index in [1.54, 1.807) is 0 Å². The summed E-state index contributed by atoms with van der Waals surface area (Å²) < 4.78 is 6.32. The van der Waals surface area contributed by atoms with Gasteiger partial charge in [-0.15, -0.1) is 0 Å². The standard InChI is InChI=1S/C49H37N3O/c1-5-16-33-30(2)49(38-22-11-9-19-34(33)38)40-24-13-12-23-39(40)48(3,4)44-37(21-15-25-41(44)49)47-51-45(31-17-7-6-8-18-31)50-46(52-47)32-27-28-36-35-20-10-14-26-42(35)53-43(36)29-32/h5-29H,1-4H3/b16-5-. The fourth-order valence-corrected chi connectivity index (χ4v) is 9.29. The van der Waals surface area contributed by atoms with Crippen LogP contribution in [0.25, 0.3) is 61.7 Å². The molecule has 0 saturated carbocycles. The van der Waals surface area contributed by atoms with Crippen LogP contribution in [0.5, 0.6) is 0 Å². The predicted octanol–water partition coefficient (Wildman–Crippen LogP) is 12.1. The Morgan fingerprint density at radius 1 is 0.528 bits per heavy atom. The van der Waals surface area contributed by atoms with Gasteiger partial charge in [-0.3, -0.25) is 0 Å². The Morgan fingerprint density at radius 3 is 1.96 bits per heavy atom. The summed E-state index contributed by atoms with van der Waals surface area (Å²) in [5, 5.41) is 2.17. The molecule has 53 heavy (non-hydrogen) atoms. The first-order chi connectivity index (χ1) is 25.9. The van der Waals surface area contributed by atoms with Gasteiger partial charge in [-0.2, -0.15) is 0 Å². The number of allylic oxidation sites excluding steroid dienone is 4. The molecule has 2 aliphatic rings. The topological polar surface area (TPSA) is 51.8 Å². The first kappa shape index (κ1) is 31.4. The molecule has 2 heterocycles. The van der Waals surface area contributed by atoms with Crippen molar-refractivity contribution in [1.82, 2.24) is 15.0 Å². The van der Waals surface area contributed by atoms with Crippen LogP contribution in [-0.2, 0) is 10.8 Å². The molecule has 10 rings (SSSR count). The van der Waals surface area contributed by atoms with Gasteiger partial charge in [0, 0.05) is 32.9 Å². The normalized spacial score (nSPS) is 17.1. The molecule has 254 valence electrons. The molecule has 1 unspecified atom stereocenters. The lowest BCUT2D eigenvalue weighted by Crippen LogP contribution is -2.41. The zero-order valence-corrected chi connectivity index (χ0v) is 30.2. The highest BCUT2D eigenvalue weighted by Gasteiger charge is 2.53. The Labute approximate surface area is 309 Å². The maximum absolute atomic E-state index is 6.32. The van der Waals surface area contributed by atoms with E-state index in [4.69, 9.17) is 19.4 Å². The van der Waals surface area contributed by atoms with Crippen molar-refractivity contribution in [2.45, 2.75) is 38.5 Å². The Kier molecular flexibility index (Phi) is 6.84. The summed E-state index contributed by atoms with van der Waals surface area (Å²) >= 11 is 0. The largest absolute Gasteiger partial charge is 0.456 e. The van der Waals surface area contributed by atoms with E-state index < -0.39 is 5.41 Å². The number of hydrogen-bond acceptors (Lipinski definition) is 4. The molecule has 0 saturated heterocycles. The van der Waals surface area contributed by atoms with E-state index in [0.29, 0.717) is 17.5 Å². The van der Waals surface area contributed by atoms with Crippen molar-refractivity contribution >= 4 is 27.5 Å². The fourth-order valence-electron chi connectivity index (χ4n) is 9.29. The third kappa shape index (κ3) is 4.39. The Morgan fingerprint density at radius 2 is 1.15 bits per heavy atom. The SMILES string of the molecule is C/C=C\C1=C(C)C2(c3ccccc31)c1ccccc1C(C)(C)c1c(-c3nc(-c4ccccc4)nc(-c4ccc5c(c4)oc4ccccc45)n3)cccc12. The van der Waals surface area contributed by atoms with Crippen LogP contribution < -0.4 is 0 Å². The van der Waals surface area contributed by atoms with Crippen LogP contribution >= 0.6 is 0 Å². The number of hydrogen-bond donors (Lipinski definition) is 0. The Hall–Kier alpha value is -6.39. The summed E-state index contributed by atoms with van der Waals surface area (Å²) in [5.74, 6) is 1.89. The second-order valence-electron chi connectivity index (χ2n) is 14.7. The van der Waals surface area contributed by atoms with Gasteiger partial charge in [-0.1, -0.05) is 147 Å². The van der Waals surface area contributed by atoms with E-state index in [-0.39, 0.29) is 5.41 Å². The van der Waals surface area contributed by atoms with Crippen molar-refractivity contribution < 1.29 is 4.42 Å². The molecule has 0 radical (unpaired) electrons. The maximum Gasteiger partial charge on any atom is 0.164 e. The molecule has 1 atom stereocenters. The fraction of sp³-hybridized carbons (Fsp3) is 0.122. The molecule has 0 fully saturated rings. The van der Waals surface area contributed by atoms with Gasteiger partial charge >= 0.3 is 0 Å². The minimum Gasteiger partial charge on any atom is -0.456 e. The van der Waals surface area contributed by atoms with Crippen LogP contribution in [0.15, 0.2) is 162 Å². The molecule has 2 aliphatic carbocycles. The Balaban J connectivity index is 1.27. The van der Waals surface area contributed by atoms with Crippen molar-refractivity contribution in [3.05, 3.63) is 191 Å². The van der Waals surface area contributed by atoms with Crippen LogP contribution in [0.2, 0.25) is 0 Å². The first-order valence-corrected chi connectivity index (χ1v) is 18.3. The van der Waals surface area contributed by atoms with Crippen LogP contribution in [0.4, 0.5) is 0 Å². The predicted molar refractivity (Wildman–Crippen MR) is 216 cm³/mol. The van der Waals surface area contributed by atoms with E-state index in [1.807, 2.05) is 36.4 Å². The molecular weight excluding hydrogens is 647 g/mol. The highest BCUT2D eigenvalue weighted by Crippen LogP contribution is 2.62. The minimum absolute atomic E-state index is 0.362. The highest BCUT2D eigenvalue weighted by atomic mass is 16.3. The van der Waals surface area contributed by atoms with Crippen molar-refractivity contribution in [2.75, 3.05) is 0 Å². The number of benzene rings is 6. The Bertz CT molecular complexity index is 2840. The number of rotatable bonds is 4. The minimum atomic E-state index is -0.479. The molecule has 0 bridgehead atoms. The lowest BCUT2D eigenvalue weighted by atomic mass is 9.54. The number of fused-ring (bicyclic) bond motifs is 9. The van der Waals surface area contributed by atoms with Gasteiger partial charge < -0.3 is 4.42 Å². The summed E-state index contributed by atoms with van der Waals surface area (Å²) in [6.45, 7) is 9.13. The quantitative estimate of drug-likeness (QED) is 0.185. The van der Waals surface area contributed by atoms with Gasteiger partial charge in [0.25, 0.3) is 0 Å². The second kappa shape index (κ2) is 11.6. The van der Waals surface area contributed by atoms with Gasteiger partial charge in [0.15, 0.2) is 17.5 Å². The van der Waals surface area contributed by atoms with Gasteiger partial charge in [0.2, 0.25) is 0 Å². The zero-order chi connectivity index (χ0) is 35.9. The van der Waals surface area contributed by atoms with Gasteiger partial charge in [0.05, 0.1) is 5.41 Å². The lowest BCUT2D eigenvalue weighted by Gasteiger charge is -2.47. The van der Waals surface area contributed by atoms with Crippen molar-refractivity contribution in [2.24, 2.45) is 0 Å². The molecule has 4 heteroatoms. The lowest BCUT2D eigenvalue weighted by molar-refractivity contribution is 0.559. The van der Waals surface area contributed by atoms with Crippen LogP contribution in [0, 0.1) is 0 Å². The van der Waals surface area contributed by atoms with E-state index >= 15 is 0 Å². The molecule has 6 aromatic carbocycles. The molecule has 0 N–H and O–H groups in total. The highest BCUT2D eigenvalue weighted by molar-refractivity contribution is 6.05. The molecule has 8 aromatic rings. The van der Waals surface area contributed by atoms with E-state index in [1.165, 1.54) is 44.5 Å². The smallest absolute Gasteiger partial charge is 0.164 e. The van der Waals surface area contributed by atoms with Crippen molar-refractivity contribution in [3.8, 4) is 34.2 Å². The molecule has 1 spiro atoms. The van der Waals surface area contributed by atoms with Gasteiger partial charge in [-0.05, 0) is 76.6 Å². The average molecular weight is 684 g/mol. The van der Waals surface area contributed by atoms with Crippen LogP contribution in [0.3, 0.4) is 0 Å². The third-order valence-corrected chi connectivity index (χ3v) is 11.6. The number of furan rings is 1.